The number of rotatable bonds is 2. The lowest BCUT2D eigenvalue weighted by atomic mass is 9.71. The van der Waals surface area contributed by atoms with Crippen molar-refractivity contribution in [2.24, 2.45) is 17.6 Å². The number of fused-ring (bicyclic) bond motifs is 1. The fourth-order valence-electron chi connectivity index (χ4n) is 4.25. The molecule has 1 spiro atoms. The van der Waals surface area contributed by atoms with E-state index in [2.05, 4.69) is 38.1 Å². The van der Waals surface area contributed by atoms with E-state index >= 15 is 0 Å². The van der Waals surface area contributed by atoms with Crippen molar-refractivity contribution in [1.29, 1.82) is 0 Å². The van der Waals surface area contributed by atoms with Crippen LogP contribution in [0.2, 0.25) is 0 Å². The summed E-state index contributed by atoms with van der Waals surface area (Å²) in [6.07, 6.45) is 7.31. The molecule has 2 aliphatic rings. The molecule has 1 fully saturated rings. The van der Waals surface area contributed by atoms with E-state index in [4.69, 9.17) is 10.5 Å². The van der Waals surface area contributed by atoms with Crippen molar-refractivity contribution >= 4 is 0 Å². The van der Waals surface area contributed by atoms with E-state index in [9.17, 15) is 0 Å². The summed E-state index contributed by atoms with van der Waals surface area (Å²) in [4.78, 5) is 0. The topological polar surface area (TPSA) is 35.2 Å². The molecule has 20 heavy (non-hydrogen) atoms. The van der Waals surface area contributed by atoms with Gasteiger partial charge in [0.25, 0.3) is 0 Å². The van der Waals surface area contributed by atoms with Gasteiger partial charge in [0.05, 0.1) is 0 Å². The zero-order chi connectivity index (χ0) is 14.2. The predicted molar refractivity (Wildman–Crippen MR) is 82.8 cm³/mol. The third-order valence-corrected chi connectivity index (χ3v) is 4.95. The molecule has 2 nitrogen and oxygen atoms in total. The Morgan fingerprint density at radius 1 is 1.30 bits per heavy atom. The van der Waals surface area contributed by atoms with Crippen molar-refractivity contribution in [3.8, 4) is 5.75 Å². The number of para-hydroxylation sites is 1. The Balaban J connectivity index is 1.80. The molecule has 1 aromatic carbocycles. The first kappa shape index (κ1) is 13.9. The van der Waals surface area contributed by atoms with Crippen molar-refractivity contribution in [1.82, 2.24) is 0 Å². The molecule has 2 heteroatoms. The van der Waals surface area contributed by atoms with Gasteiger partial charge in [0.15, 0.2) is 0 Å². The van der Waals surface area contributed by atoms with Gasteiger partial charge in [-0.15, -0.1) is 0 Å². The first-order valence-electron chi connectivity index (χ1n) is 8.11. The molecule has 0 aromatic heterocycles. The Morgan fingerprint density at radius 2 is 2.10 bits per heavy atom. The second-order valence-corrected chi connectivity index (χ2v) is 7.23. The minimum absolute atomic E-state index is 0.00553. The van der Waals surface area contributed by atoms with E-state index in [-0.39, 0.29) is 11.6 Å². The van der Waals surface area contributed by atoms with E-state index in [1.807, 2.05) is 0 Å². The molecule has 0 amide bonds. The van der Waals surface area contributed by atoms with Crippen LogP contribution in [-0.2, 0) is 0 Å². The standard InChI is InChI=1S/C18H27NO/c1-13(2)10-14-6-5-9-18(11-14)12-16(19)15-7-3-4-8-17(15)20-18/h3-4,7-8,13-14,16H,5-6,9-12,19H2,1-2H3/t14?,16-,18?/m1/s1. The molecule has 0 saturated heterocycles. The normalized spacial score (nSPS) is 33.0. The second kappa shape index (κ2) is 5.40. The highest BCUT2D eigenvalue weighted by atomic mass is 16.5. The maximum Gasteiger partial charge on any atom is 0.124 e. The maximum atomic E-state index is 6.46. The van der Waals surface area contributed by atoms with E-state index in [0.29, 0.717) is 0 Å². The average molecular weight is 273 g/mol. The summed E-state index contributed by atoms with van der Waals surface area (Å²) >= 11 is 0. The van der Waals surface area contributed by atoms with Crippen LogP contribution in [0.3, 0.4) is 0 Å². The largest absolute Gasteiger partial charge is 0.487 e. The highest BCUT2D eigenvalue weighted by Crippen LogP contribution is 2.47. The van der Waals surface area contributed by atoms with Crippen LogP contribution in [0.5, 0.6) is 5.75 Å². The van der Waals surface area contributed by atoms with E-state index in [0.717, 1.165) is 24.0 Å². The number of nitrogens with two attached hydrogens (primary N) is 1. The third-order valence-electron chi connectivity index (χ3n) is 4.95. The molecule has 0 radical (unpaired) electrons. The smallest absolute Gasteiger partial charge is 0.124 e. The van der Waals surface area contributed by atoms with Crippen molar-refractivity contribution < 1.29 is 4.74 Å². The van der Waals surface area contributed by atoms with Gasteiger partial charge in [-0.05, 0) is 43.6 Å². The molecule has 0 bridgehead atoms. The van der Waals surface area contributed by atoms with Gasteiger partial charge in [-0.25, -0.2) is 0 Å². The zero-order valence-corrected chi connectivity index (χ0v) is 12.8. The van der Waals surface area contributed by atoms with E-state index in [1.54, 1.807) is 0 Å². The van der Waals surface area contributed by atoms with Gasteiger partial charge in [-0.1, -0.05) is 38.5 Å². The number of hydrogen-bond donors (Lipinski definition) is 1. The first-order valence-corrected chi connectivity index (χ1v) is 8.11. The molecule has 3 rings (SSSR count). The van der Waals surface area contributed by atoms with Gasteiger partial charge in [-0.3, -0.25) is 0 Å². The quantitative estimate of drug-likeness (QED) is 0.864. The molecule has 1 aromatic rings. The summed E-state index contributed by atoms with van der Waals surface area (Å²) in [5.74, 6) is 2.61. The summed E-state index contributed by atoms with van der Waals surface area (Å²) in [6.45, 7) is 4.65. The molecule has 110 valence electrons. The molecule has 1 aliphatic carbocycles. The van der Waals surface area contributed by atoms with Gasteiger partial charge in [0.2, 0.25) is 0 Å². The van der Waals surface area contributed by atoms with Crippen molar-refractivity contribution in [2.75, 3.05) is 0 Å². The first-order chi connectivity index (χ1) is 9.58. The Hall–Kier alpha value is -1.02. The van der Waals surface area contributed by atoms with Gasteiger partial charge in [-0.2, -0.15) is 0 Å². The predicted octanol–water partition coefficient (Wildman–Crippen LogP) is 4.44. The van der Waals surface area contributed by atoms with Crippen LogP contribution in [0.4, 0.5) is 0 Å². The molecule has 1 heterocycles. The summed E-state index contributed by atoms with van der Waals surface area (Å²) in [6, 6.07) is 8.45. The van der Waals surface area contributed by atoms with Crippen LogP contribution in [0.15, 0.2) is 24.3 Å². The van der Waals surface area contributed by atoms with E-state index < -0.39 is 0 Å². The number of benzene rings is 1. The van der Waals surface area contributed by atoms with Gasteiger partial charge in [0, 0.05) is 18.0 Å². The van der Waals surface area contributed by atoms with Crippen LogP contribution < -0.4 is 10.5 Å². The molecular formula is C18H27NO. The van der Waals surface area contributed by atoms with Gasteiger partial charge >= 0.3 is 0 Å². The highest BCUT2D eigenvalue weighted by Gasteiger charge is 2.43. The monoisotopic (exact) mass is 273 g/mol. The summed E-state index contributed by atoms with van der Waals surface area (Å²) in [7, 11) is 0. The van der Waals surface area contributed by atoms with Crippen molar-refractivity contribution in [3.05, 3.63) is 29.8 Å². The lowest BCUT2D eigenvalue weighted by Gasteiger charge is -2.46. The van der Waals surface area contributed by atoms with Gasteiger partial charge in [0.1, 0.15) is 11.4 Å². The Kier molecular flexibility index (Phi) is 3.76. The maximum absolute atomic E-state index is 6.46. The Bertz CT molecular complexity index is 470. The minimum Gasteiger partial charge on any atom is -0.487 e. The van der Waals surface area contributed by atoms with Crippen LogP contribution in [-0.4, -0.2) is 5.60 Å². The molecule has 2 N–H and O–H groups in total. The fraction of sp³-hybridized carbons (Fsp3) is 0.667. The summed E-state index contributed by atoms with van der Waals surface area (Å²) in [5, 5.41) is 0. The van der Waals surface area contributed by atoms with Crippen LogP contribution in [0, 0.1) is 11.8 Å². The SMILES string of the molecule is CC(C)CC1CCCC2(C1)C[C@@H](N)c1ccccc1O2. The number of hydrogen-bond acceptors (Lipinski definition) is 2. The second-order valence-electron chi connectivity index (χ2n) is 7.23. The van der Waals surface area contributed by atoms with Crippen LogP contribution in [0.25, 0.3) is 0 Å². The average Bonchev–Trinajstić information content (AvgIpc) is 2.38. The summed E-state index contributed by atoms with van der Waals surface area (Å²) in [5.41, 5.74) is 7.61. The van der Waals surface area contributed by atoms with Crippen LogP contribution in [0.1, 0.15) is 64.0 Å². The molecular weight excluding hydrogens is 246 g/mol. The van der Waals surface area contributed by atoms with Crippen molar-refractivity contribution in [3.63, 3.8) is 0 Å². The Labute approximate surface area is 122 Å². The minimum atomic E-state index is 0.00553. The highest BCUT2D eigenvalue weighted by molar-refractivity contribution is 5.38. The Morgan fingerprint density at radius 3 is 2.90 bits per heavy atom. The zero-order valence-electron chi connectivity index (χ0n) is 12.8. The molecule has 2 unspecified atom stereocenters. The van der Waals surface area contributed by atoms with Crippen LogP contribution >= 0.6 is 0 Å². The fourth-order valence-corrected chi connectivity index (χ4v) is 4.25. The third kappa shape index (κ3) is 2.71. The number of ether oxygens (including phenoxy) is 1. The van der Waals surface area contributed by atoms with Crippen molar-refractivity contribution in [2.45, 2.75) is 64.0 Å². The lowest BCUT2D eigenvalue weighted by Crippen LogP contribution is -2.46. The molecule has 3 atom stereocenters. The summed E-state index contributed by atoms with van der Waals surface area (Å²) < 4.78 is 6.46. The van der Waals surface area contributed by atoms with Gasteiger partial charge < -0.3 is 10.5 Å². The molecule has 1 saturated carbocycles. The van der Waals surface area contributed by atoms with E-state index in [1.165, 1.54) is 37.7 Å². The lowest BCUT2D eigenvalue weighted by molar-refractivity contribution is -0.0201. The molecule has 1 aliphatic heterocycles.